The number of hydrogen-bond donors (Lipinski definition) is 2. The van der Waals surface area contributed by atoms with Gasteiger partial charge in [-0.25, -0.2) is 4.79 Å². The molecule has 0 amide bonds. The number of H-pyrrole nitrogens is 1. The fraction of sp³-hybridized carbons (Fsp3) is 0.385. The monoisotopic (exact) mass is 341 g/mol. The Balaban J connectivity index is 2.14. The Morgan fingerprint density at radius 3 is 2.52 bits per heavy atom. The zero-order chi connectivity index (χ0) is 17.0. The zero-order valence-corrected chi connectivity index (χ0v) is 13.9. The third-order valence-electron chi connectivity index (χ3n) is 3.11. The average Bonchev–Trinajstić information content (AvgIpc) is 2.83. The molecule has 126 valence electrons. The van der Waals surface area contributed by atoms with Crippen LogP contribution in [0.5, 0.6) is 0 Å². The molecule has 0 radical (unpaired) electrons. The molecule has 0 spiro atoms. The van der Waals surface area contributed by atoms with Gasteiger partial charge >= 0.3 is 15.9 Å². The van der Waals surface area contributed by atoms with Crippen molar-refractivity contribution in [2.45, 2.75) is 6.92 Å². The molecule has 0 aliphatic carbocycles. The number of benzene rings is 1. The summed E-state index contributed by atoms with van der Waals surface area (Å²) < 4.78 is 33.9. The maximum atomic E-state index is 12.1. The van der Waals surface area contributed by atoms with E-state index in [0.717, 1.165) is 4.31 Å². The van der Waals surface area contributed by atoms with E-state index < -0.39 is 10.2 Å². The second-order valence-corrected chi connectivity index (χ2v) is 6.67. The van der Waals surface area contributed by atoms with Gasteiger partial charge in [0.05, 0.1) is 12.3 Å². The van der Waals surface area contributed by atoms with E-state index in [4.69, 9.17) is 4.74 Å². The Hall–Kier alpha value is -2.17. The highest BCUT2D eigenvalue weighted by Crippen LogP contribution is 2.14. The van der Waals surface area contributed by atoms with Crippen molar-refractivity contribution >= 4 is 15.9 Å². The fourth-order valence-electron chi connectivity index (χ4n) is 1.84. The number of aromatic nitrogens is 3. The van der Waals surface area contributed by atoms with Crippen molar-refractivity contribution < 1.29 is 13.2 Å². The summed E-state index contributed by atoms with van der Waals surface area (Å²) >= 11 is 0. The molecule has 0 atom stereocenters. The highest BCUT2D eigenvalue weighted by atomic mass is 32.2. The second kappa shape index (κ2) is 6.94. The first kappa shape index (κ1) is 17.2. The molecule has 0 saturated carbocycles. The van der Waals surface area contributed by atoms with Gasteiger partial charge in [0, 0.05) is 26.4 Å². The SMILES string of the molecule is COCCN(C)S(=O)(=O)Nc1ccc(-n2nc(C)[nH]c2=O)cc1. The van der Waals surface area contributed by atoms with Crippen molar-refractivity contribution in [3.63, 3.8) is 0 Å². The zero-order valence-electron chi connectivity index (χ0n) is 13.1. The summed E-state index contributed by atoms with van der Waals surface area (Å²) in [5.74, 6) is 0.500. The highest BCUT2D eigenvalue weighted by Gasteiger charge is 2.17. The van der Waals surface area contributed by atoms with Crippen molar-refractivity contribution in [1.82, 2.24) is 19.1 Å². The fourth-order valence-corrected chi connectivity index (χ4v) is 2.75. The van der Waals surface area contributed by atoms with Gasteiger partial charge < -0.3 is 4.74 Å². The van der Waals surface area contributed by atoms with Crippen LogP contribution in [0.3, 0.4) is 0 Å². The third-order valence-corrected chi connectivity index (χ3v) is 4.61. The summed E-state index contributed by atoms with van der Waals surface area (Å²) in [6.07, 6.45) is 0. The van der Waals surface area contributed by atoms with Crippen molar-refractivity contribution in [2.24, 2.45) is 0 Å². The summed E-state index contributed by atoms with van der Waals surface area (Å²) in [6, 6.07) is 6.34. The summed E-state index contributed by atoms with van der Waals surface area (Å²) in [4.78, 5) is 14.2. The maximum absolute atomic E-state index is 12.1. The van der Waals surface area contributed by atoms with E-state index in [1.54, 1.807) is 31.2 Å². The molecule has 10 heteroatoms. The number of ether oxygens (including phenoxy) is 1. The summed E-state index contributed by atoms with van der Waals surface area (Å²) in [6.45, 7) is 2.22. The minimum atomic E-state index is -3.65. The van der Waals surface area contributed by atoms with Crippen LogP contribution in [0.15, 0.2) is 29.1 Å². The van der Waals surface area contributed by atoms with Gasteiger partial charge in [-0.05, 0) is 31.2 Å². The molecule has 23 heavy (non-hydrogen) atoms. The lowest BCUT2D eigenvalue weighted by Crippen LogP contribution is -2.34. The van der Waals surface area contributed by atoms with Gasteiger partial charge in [0.15, 0.2) is 0 Å². The van der Waals surface area contributed by atoms with Gasteiger partial charge in [0.2, 0.25) is 0 Å². The number of methoxy groups -OCH3 is 1. The van der Waals surface area contributed by atoms with E-state index in [0.29, 0.717) is 23.8 Å². The largest absolute Gasteiger partial charge is 0.383 e. The Labute approximate surface area is 134 Å². The van der Waals surface area contributed by atoms with Gasteiger partial charge in [-0.2, -0.15) is 22.5 Å². The summed E-state index contributed by atoms with van der Waals surface area (Å²) in [5, 5.41) is 4.03. The lowest BCUT2D eigenvalue weighted by atomic mass is 10.3. The third kappa shape index (κ3) is 4.18. The molecular formula is C13H19N5O4S. The molecule has 2 aromatic rings. The molecule has 0 bridgehead atoms. The molecule has 1 aromatic heterocycles. The van der Waals surface area contributed by atoms with Gasteiger partial charge in [0.25, 0.3) is 0 Å². The number of likely N-dealkylation sites (N-methyl/N-ethyl adjacent to an activating group) is 1. The number of aryl methyl sites for hydroxylation is 1. The molecule has 0 aliphatic rings. The van der Waals surface area contributed by atoms with Crippen LogP contribution in [0.1, 0.15) is 5.82 Å². The van der Waals surface area contributed by atoms with E-state index in [-0.39, 0.29) is 12.2 Å². The van der Waals surface area contributed by atoms with Crippen molar-refractivity contribution in [2.75, 3.05) is 32.0 Å². The van der Waals surface area contributed by atoms with E-state index in [2.05, 4.69) is 14.8 Å². The van der Waals surface area contributed by atoms with Crippen molar-refractivity contribution in [3.8, 4) is 5.69 Å². The molecular weight excluding hydrogens is 322 g/mol. The number of rotatable bonds is 7. The van der Waals surface area contributed by atoms with Crippen LogP contribution in [-0.2, 0) is 14.9 Å². The molecule has 2 rings (SSSR count). The van der Waals surface area contributed by atoms with Crippen LogP contribution in [-0.4, -0.2) is 54.8 Å². The number of hydrogen-bond acceptors (Lipinski definition) is 5. The van der Waals surface area contributed by atoms with Crippen LogP contribution in [0.4, 0.5) is 5.69 Å². The Morgan fingerprint density at radius 1 is 1.35 bits per heavy atom. The smallest absolute Gasteiger partial charge is 0.348 e. The topological polar surface area (TPSA) is 109 Å². The van der Waals surface area contributed by atoms with Gasteiger partial charge in [-0.3, -0.25) is 9.71 Å². The van der Waals surface area contributed by atoms with Gasteiger partial charge in [-0.1, -0.05) is 0 Å². The Morgan fingerprint density at radius 2 is 2.00 bits per heavy atom. The first-order valence-electron chi connectivity index (χ1n) is 6.83. The molecule has 2 N–H and O–H groups in total. The van der Waals surface area contributed by atoms with E-state index >= 15 is 0 Å². The van der Waals surface area contributed by atoms with Crippen LogP contribution in [0, 0.1) is 6.92 Å². The van der Waals surface area contributed by atoms with Crippen LogP contribution in [0.25, 0.3) is 5.69 Å². The standard InChI is InChI=1S/C13H19N5O4S/c1-10-14-13(19)18(15-10)12-6-4-11(5-7-12)16-23(20,21)17(2)8-9-22-3/h4-7,16H,8-9H2,1-3H3,(H,14,15,19). The van der Waals surface area contributed by atoms with Crippen LogP contribution >= 0.6 is 0 Å². The lowest BCUT2D eigenvalue weighted by molar-refractivity contribution is 0.185. The molecule has 1 aromatic carbocycles. The predicted molar refractivity (Wildman–Crippen MR) is 86.0 cm³/mol. The van der Waals surface area contributed by atoms with E-state index in [1.165, 1.54) is 18.8 Å². The van der Waals surface area contributed by atoms with Gasteiger partial charge in [-0.15, -0.1) is 0 Å². The minimum Gasteiger partial charge on any atom is -0.383 e. The van der Waals surface area contributed by atoms with E-state index in [9.17, 15) is 13.2 Å². The number of nitrogens with one attached hydrogen (secondary N) is 2. The molecule has 0 fully saturated rings. The summed E-state index contributed by atoms with van der Waals surface area (Å²) in [5.41, 5.74) is 0.573. The first-order chi connectivity index (χ1) is 10.8. The van der Waals surface area contributed by atoms with Gasteiger partial charge in [0.1, 0.15) is 5.82 Å². The van der Waals surface area contributed by atoms with Crippen LogP contribution < -0.4 is 10.4 Å². The van der Waals surface area contributed by atoms with E-state index in [1.807, 2.05) is 0 Å². The molecule has 1 heterocycles. The Kier molecular flexibility index (Phi) is 5.19. The number of aromatic amines is 1. The maximum Gasteiger partial charge on any atom is 0.348 e. The number of anilines is 1. The normalized spacial score (nSPS) is 11.8. The quantitative estimate of drug-likeness (QED) is 0.742. The Bertz CT molecular complexity index is 810. The first-order valence-corrected chi connectivity index (χ1v) is 8.27. The minimum absolute atomic E-state index is 0.242. The molecule has 0 unspecified atom stereocenters. The lowest BCUT2D eigenvalue weighted by Gasteiger charge is -2.17. The summed E-state index contributed by atoms with van der Waals surface area (Å²) in [7, 11) is -0.689. The average molecular weight is 341 g/mol. The highest BCUT2D eigenvalue weighted by molar-refractivity contribution is 7.90. The molecule has 9 nitrogen and oxygen atoms in total. The van der Waals surface area contributed by atoms with Crippen molar-refractivity contribution in [3.05, 3.63) is 40.6 Å². The van der Waals surface area contributed by atoms with Crippen molar-refractivity contribution in [1.29, 1.82) is 0 Å². The molecule has 0 saturated heterocycles. The van der Waals surface area contributed by atoms with Crippen LogP contribution in [0.2, 0.25) is 0 Å². The number of nitrogens with zero attached hydrogens (tertiary/aromatic N) is 3. The second-order valence-electron chi connectivity index (χ2n) is 4.90. The predicted octanol–water partition coefficient (Wildman–Crippen LogP) is 0.104. The molecule has 0 aliphatic heterocycles.